The average molecular weight is 571 g/mol. The van der Waals surface area contributed by atoms with Gasteiger partial charge in [0.2, 0.25) is 5.91 Å². The second-order valence-corrected chi connectivity index (χ2v) is 12.4. The van der Waals surface area contributed by atoms with Gasteiger partial charge in [-0.05, 0) is 61.1 Å². The van der Waals surface area contributed by atoms with E-state index >= 15 is 0 Å². The van der Waals surface area contributed by atoms with E-state index in [1.54, 1.807) is 43.5 Å². The summed E-state index contributed by atoms with van der Waals surface area (Å²) >= 11 is 0. The van der Waals surface area contributed by atoms with Crippen LogP contribution >= 0.6 is 0 Å². The van der Waals surface area contributed by atoms with Gasteiger partial charge in [-0.2, -0.15) is 4.31 Å². The highest BCUT2D eigenvalue weighted by atomic mass is 32.2. The number of ketones is 1. The summed E-state index contributed by atoms with van der Waals surface area (Å²) in [6, 6.07) is 9.44. The van der Waals surface area contributed by atoms with Crippen LogP contribution in [0.15, 0.2) is 58.1 Å². The maximum atomic E-state index is 13.4. The number of pyridine rings is 1. The van der Waals surface area contributed by atoms with Crippen LogP contribution in [-0.4, -0.2) is 67.6 Å². The van der Waals surface area contributed by atoms with Gasteiger partial charge in [0, 0.05) is 18.1 Å². The number of sulfonamides is 1. The first-order valence-electron chi connectivity index (χ1n) is 13.1. The lowest BCUT2D eigenvalue weighted by atomic mass is 9.98. The Hall–Kier alpha value is -3.77. The van der Waals surface area contributed by atoms with Crippen LogP contribution in [0, 0.1) is 11.8 Å². The summed E-state index contributed by atoms with van der Waals surface area (Å²) in [5.41, 5.74) is 0.499. The van der Waals surface area contributed by atoms with Crippen molar-refractivity contribution in [2.45, 2.75) is 50.7 Å². The largest absolute Gasteiger partial charge is 0.497 e. The van der Waals surface area contributed by atoms with Crippen molar-refractivity contribution in [1.29, 1.82) is 0 Å². The van der Waals surface area contributed by atoms with E-state index in [0.717, 1.165) is 4.31 Å². The van der Waals surface area contributed by atoms with E-state index in [9.17, 15) is 22.8 Å². The molecule has 40 heavy (non-hydrogen) atoms. The van der Waals surface area contributed by atoms with Gasteiger partial charge in [0.05, 0.1) is 19.7 Å². The molecule has 1 fully saturated rings. The number of nitrogens with zero attached hydrogens (tertiary/aromatic N) is 2. The quantitative estimate of drug-likeness (QED) is 0.399. The number of carbonyl (C=O) groups excluding carboxylic acids is 3. The zero-order chi connectivity index (χ0) is 29.0. The number of benzene rings is 1. The van der Waals surface area contributed by atoms with E-state index in [4.69, 9.17) is 9.15 Å². The molecule has 1 saturated heterocycles. The third kappa shape index (κ3) is 6.68. The predicted octanol–water partition coefficient (Wildman–Crippen LogP) is 2.77. The normalized spacial score (nSPS) is 19.3. The van der Waals surface area contributed by atoms with Crippen molar-refractivity contribution in [3.8, 4) is 5.75 Å². The molecule has 1 aromatic carbocycles. The molecule has 11 nitrogen and oxygen atoms in total. The Balaban J connectivity index is 1.47. The fourth-order valence-corrected chi connectivity index (χ4v) is 6.18. The van der Waals surface area contributed by atoms with Crippen LogP contribution < -0.4 is 15.4 Å². The first-order chi connectivity index (χ1) is 19.0. The molecule has 214 valence electrons. The van der Waals surface area contributed by atoms with Gasteiger partial charge >= 0.3 is 0 Å². The summed E-state index contributed by atoms with van der Waals surface area (Å²) in [7, 11) is -2.44. The zero-order valence-corrected chi connectivity index (χ0v) is 23.7. The first-order valence-corrected chi connectivity index (χ1v) is 14.5. The number of carbonyl (C=O) groups is 3. The number of Topliss-reactive ketones (excluding diaryl/α,β-unsaturated/α-hetero) is 1. The Kier molecular flexibility index (Phi) is 8.89. The van der Waals surface area contributed by atoms with Crippen LogP contribution in [0.1, 0.15) is 44.2 Å². The Morgan fingerprint density at radius 2 is 1.98 bits per heavy atom. The fraction of sp³-hybridized carbons (Fsp3) is 0.429. The van der Waals surface area contributed by atoms with Crippen molar-refractivity contribution < 1.29 is 32.0 Å². The predicted molar refractivity (Wildman–Crippen MR) is 147 cm³/mol. The van der Waals surface area contributed by atoms with Crippen molar-refractivity contribution in [2.24, 2.45) is 11.8 Å². The van der Waals surface area contributed by atoms with Gasteiger partial charge in [-0.3, -0.25) is 14.4 Å². The van der Waals surface area contributed by atoms with Gasteiger partial charge in [-0.15, -0.1) is 0 Å². The van der Waals surface area contributed by atoms with Crippen LogP contribution in [0.4, 0.5) is 0 Å². The smallest absolute Gasteiger partial charge is 0.287 e. The Labute approximate surface area is 233 Å². The molecule has 0 bridgehead atoms. The van der Waals surface area contributed by atoms with Gasteiger partial charge in [0.15, 0.2) is 16.6 Å². The molecule has 0 aliphatic carbocycles. The van der Waals surface area contributed by atoms with Gasteiger partial charge in [-0.1, -0.05) is 26.8 Å². The Bertz CT molecular complexity index is 1490. The van der Waals surface area contributed by atoms with E-state index < -0.39 is 46.2 Å². The van der Waals surface area contributed by atoms with Crippen LogP contribution in [0.25, 0.3) is 11.0 Å². The highest BCUT2D eigenvalue weighted by Crippen LogP contribution is 2.25. The monoisotopic (exact) mass is 570 g/mol. The van der Waals surface area contributed by atoms with Crippen LogP contribution in [0.5, 0.6) is 5.75 Å². The summed E-state index contributed by atoms with van der Waals surface area (Å²) in [5, 5.41) is 6.05. The molecular formula is C28H34N4O7S. The number of hydrogen-bond acceptors (Lipinski definition) is 8. The van der Waals surface area contributed by atoms with Crippen molar-refractivity contribution in [2.75, 3.05) is 20.2 Å². The van der Waals surface area contributed by atoms with Gasteiger partial charge in [-0.25, -0.2) is 13.4 Å². The molecule has 3 heterocycles. The van der Waals surface area contributed by atoms with E-state index in [1.807, 2.05) is 20.8 Å². The molecule has 0 spiro atoms. The molecule has 2 amide bonds. The fourth-order valence-electron chi connectivity index (χ4n) is 4.72. The maximum absolute atomic E-state index is 13.4. The molecule has 1 aliphatic rings. The molecule has 2 N–H and O–H groups in total. The number of ether oxygens (including phenoxy) is 1. The Morgan fingerprint density at radius 1 is 1.20 bits per heavy atom. The summed E-state index contributed by atoms with van der Waals surface area (Å²) < 4.78 is 38.2. The Morgan fingerprint density at radius 3 is 2.65 bits per heavy atom. The second kappa shape index (κ2) is 12.2. The molecule has 12 heteroatoms. The lowest BCUT2D eigenvalue weighted by molar-refractivity contribution is -0.129. The lowest BCUT2D eigenvalue weighted by Crippen LogP contribution is -2.52. The standard InChI is InChI=1S/C28H34N4O7S/c1-17(2)11-22(31-28(35)25-14-19-13-20(38-4)8-9-24(19)39-25)27(34)30-21-12-18(3)15-32(16-23(21)33)40(36,37)26-7-5-6-10-29-26/h5-10,13-14,17-18,21-22H,11-12,15-16H2,1-4H3,(H,30,34)(H,31,35)/t18?,21-,22?/m0/s1. The topological polar surface area (TPSA) is 148 Å². The third-order valence-corrected chi connectivity index (χ3v) is 8.44. The van der Waals surface area contributed by atoms with Gasteiger partial charge in [0.1, 0.15) is 17.4 Å². The number of nitrogens with one attached hydrogen (secondary N) is 2. The molecule has 2 unspecified atom stereocenters. The highest BCUT2D eigenvalue weighted by Gasteiger charge is 2.37. The molecule has 3 aromatic rings. The van der Waals surface area contributed by atoms with Crippen molar-refractivity contribution in [1.82, 2.24) is 19.9 Å². The molecule has 1 aliphatic heterocycles. The average Bonchev–Trinajstić information content (AvgIpc) is 3.29. The van der Waals surface area contributed by atoms with Gasteiger partial charge < -0.3 is 19.8 Å². The van der Waals surface area contributed by atoms with Crippen LogP contribution in [-0.2, 0) is 19.6 Å². The van der Waals surface area contributed by atoms with Crippen molar-refractivity contribution in [3.05, 3.63) is 54.4 Å². The highest BCUT2D eigenvalue weighted by molar-refractivity contribution is 7.89. The molecule has 4 rings (SSSR count). The number of hydrogen-bond donors (Lipinski definition) is 2. The van der Waals surface area contributed by atoms with Crippen LogP contribution in [0.3, 0.4) is 0 Å². The number of amides is 2. The van der Waals surface area contributed by atoms with Crippen molar-refractivity contribution >= 4 is 38.6 Å². The first kappa shape index (κ1) is 29.2. The minimum Gasteiger partial charge on any atom is -0.497 e. The summed E-state index contributed by atoms with van der Waals surface area (Å²) in [5.74, 6) is -1.03. The summed E-state index contributed by atoms with van der Waals surface area (Å²) in [6.07, 6.45) is 1.96. The van der Waals surface area contributed by atoms with E-state index in [0.29, 0.717) is 23.1 Å². The lowest BCUT2D eigenvalue weighted by Gasteiger charge is -2.23. The molecular weight excluding hydrogens is 536 g/mol. The number of rotatable bonds is 9. The zero-order valence-electron chi connectivity index (χ0n) is 22.9. The van der Waals surface area contributed by atoms with E-state index in [1.165, 1.54) is 12.3 Å². The van der Waals surface area contributed by atoms with Gasteiger partial charge in [0.25, 0.3) is 15.9 Å². The minimum atomic E-state index is -3.98. The molecule has 2 aromatic heterocycles. The minimum absolute atomic E-state index is 0.0411. The molecule has 0 radical (unpaired) electrons. The van der Waals surface area contributed by atoms with Crippen molar-refractivity contribution in [3.63, 3.8) is 0 Å². The summed E-state index contributed by atoms with van der Waals surface area (Å²) in [4.78, 5) is 43.5. The number of furan rings is 1. The van der Waals surface area contributed by atoms with Crippen LogP contribution in [0.2, 0.25) is 0 Å². The molecule has 3 atom stereocenters. The second-order valence-electron chi connectivity index (χ2n) is 10.5. The third-order valence-electron chi connectivity index (χ3n) is 6.71. The number of methoxy groups -OCH3 is 1. The van der Waals surface area contributed by atoms with E-state index in [2.05, 4.69) is 15.6 Å². The number of fused-ring (bicyclic) bond motifs is 1. The SMILES string of the molecule is COc1ccc2oc(C(=O)NC(CC(C)C)C(=O)N[C@H]3CC(C)CN(S(=O)(=O)c4ccccn4)CC3=O)cc2c1. The number of aromatic nitrogens is 1. The summed E-state index contributed by atoms with van der Waals surface area (Å²) in [6.45, 7) is 5.37. The van der Waals surface area contributed by atoms with E-state index in [-0.39, 0.29) is 35.6 Å². The molecule has 0 saturated carbocycles. The maximum Gasteiger partial charge on any atom is 0.287 e.